The van der Waals surface area contributed by atoms with Gasteiger partial charge < -0.3 is 29.6 Å². The Morgan fingerprint density at radius 1 is 0.197 bits per heavy atom. The average Bonchev–Trinajstić information content (AvgIpc) is 1.53. The molecule has 0 fully saturated rings. The van der Waals surface area contributed by atoms with Crippen LogP contribution in [0.2, 0.25) is 10.0 Å². The highest BCUT2D eigenvalue weighted by Crippen LogP contribution is 2.68. The van der Waals surface area contributed by atoms with Gasteiger partial charge >= 0.3 is 7.12 Å². The van der Waals surface area contributed by atoms with Gasteiger partial charge in [0.25, 0.3) is 0 Å². The van der Waals surface area contributed by atoms with Crippen molar-refractivity contribution in [3.63, 3.8) is 0 Å². The lowest BCUT2D eigenvalue weighted by Gasteiger charge is -2.45. The minimum absolute atomic E-state index is 0. The van der Waals surface area contributed by atoms with Gasteiger partial charge in [0.1, 0.15) is 0 Å². The summed E-state index contributed by atoms with van der Waals surface area (Å²) in [4.78, 5) is 9.62. The summed E-state index contributed by atoms with van der Waals surface area (Å²) in [7, 11) is -1.41. The fourth-order valence-corrected chi connectivity index (χ4v) is 24.2. The standard InChI is InChI=1S/C61H42N2.C37H24ClN.C31H20BrN.C6H6BClO2.2CH4/c1-4-16-43(17-5-1)45-28-35-50(36-29-45)62(51-37-30-46(31-38-51)44-18-6-2-7-19-44)52-39-32-47(33-40-52)48-34-41-54-53-22-10-11-23-55(53)61(58(54)42-48)56-24-12-14-26-59(56)63(49-20-8-3-9-21-49)60-27-15-13-25-57(60)61;38-27-21-18-25(19-22-27)26-20-23-30-29-12-4-5-13-31(29)37(34(30)24-26)32-14-6-8-16-35(32)39(28-10-2-1-3-11-28)36-17-9-7-15-33(36)37;32-21-18-19-24-23-12-4-5-13-25(23)31(28(24)20-21)26-14-6-8-16-29(26)33(22-10-2-1-3-11-22)30-17-9-7-15-27(30)31;8-6-3-1-5(2-4-6)7(9)10;;/h1-42H;1-24H;1-20H;1-4,9-10H;2*1H4. The number of anilines is 12. The average molecular weight is 2000 g/mol. The molecule has 0 radical (unpaired) electrons. The van der Waals surface area contributed by atoms with E-state index in [0.29, 0.717) is 10.5 Å². The summed E-state index contributed by atoms with van der Waals surface area (Å²) in [5.74, 6) is 0. The van der Waals surface area contributed by atoms with Crippen molar-refractivity contribution >= 4 is 120 Å². The first-order chi connectivity index (χ1) is 71.5. The van der Waals surface area contributed by atoms with Crippen LogP contribution in [-0.2, 0) is 16.2 Å². The van der Waals surface area contributed by atoms with Crippen LogP contribution in [0.15, 0.2) is 550 Å². The zero-order valence-electron chi connectivity index (χ0n) is 78.9. The van der Waals surface area contributed by atoms with Crippen molar-refractivity contribution in [1.29, 1.82) is 0 Å². The molecule has 147 heavy (non-hydrogen) atoms. The predicted molar refractivity (Wildman–Crippen MR) is 620 cm³/mol. The van der Waals surface area contributed by atoms with Crippen molar-refractivity contribution in [2.75, 3.05) is 19.6 Å². The molecule has 0 amide bonds. The summed E-state index contributed by atoms with van der Waals surface area (Å²) in [6.07, 6.45) is 0. The molecule has 0 saturated carbocycles. The normalized spacial score (nSPS) is 13.1. The van der Waals surface area contributed by atoms with Gasteiger partial charge in [-0.15, -0.1) is 0 Å². The van der Waals surface area contributed by atoms with Gasteiger partial charge in [0.15, 0.2) is 0 Å². The van der Waals surface area contributed by atoms with Gasteiger partial charge in [0.2, 0.25) is 0 Å². The van der Waals surface area contributed by atoms with Gasteiger partial charge in [0.05, 0.1) is 50.4 Å². The SMILES string of the molecule is Brc1ccc2c(c1)C1(c3ccccc3-2)c2ccccc2N(c2ccccc2)c2ccccc21.C.C.Clc1ccc(-c2ccc3c(c2)C2(c4ccccc4-3)c3ccccc3N(c3ccccc3)c3ccccc32)cc1.OB(O)c1ccc(Cl)cc1.c1ccc(-c2ccc(N(c3ccc(-c4ccccc4)cc3)c3ccc(-c4ccc5c(c4)C4(c6ccccc6-5)c5ccccc5N(c5ccccc5)c5ccccc54)cc3)cc2)cc1. The third-order valence-electron chi connectivity index (χ3n) is 29.7. The quantitative estimate of drug-likeness (QED) is 0.126. The third kappa shape index (κ3) is 15.8. The number of nitrogens with zero attached hydrogens (tertiary/aromatic N) is 4. The lowest BCUT2D eigenvalue weighted by atomic mass is 9.64. The smallest absolute Gasteiger partial charge is 0.423 e. The molecular weight excluding hydrogens is 1900 g/mol. The Balaban J connectivity index is 0.000000121. The fourth-order valence-electron chi connectivity index (χ4n) is 23.6. The number of hydrogen-bond donors (Lipinski definition) is 2. The first-order valence-corrected chi connectivity index (χ1v) is 50.7. The van der Waals surface area contributed by atoms with E-state index in [1.54, 1.807) is 24.3 Å². The first-order valence-electron chi connectivity index (χ1n) is 49.1. The maximum Gasteiger partial charge on any atom is 0.488 e. The highest BCUT2D eigenvalue weighted by atomic mass is 79.9. The summed E-state index contributed by atoms with van der Waals surface area (Å²) in [5, 5.41) is 18.6. The maximum absolute atomic E-state index is 8.63. The van der Waals surface area contributed by atoms with Crippen LogP contribution >= 0.6 is 39.1 Å². The molecule has 704 valence electrons. The number of para-hydroxylation sites is 9. The van der Waals surface area contributed by atoms with E-state index in [1.807, 2.05) is 12.1 Å². The highest BCUT2D eigenvalue weighted by molar-refractivity contribution is 9.10. The van der Waals surface area contributed by atoms with Gasteiger partial charge in [-0.1, -0.05) is 442 Å². The minimum Gasteiger partial charge on any atom is -0.423 e. The Bertz CT molecular complexity index is 8410. The summed E-state index contributed by atoms with van der Waals surface area (Å²) in [6, 6.07) is 196. The van der Waals surface area contributed by atoms with E-state index in [1.165, 1.54) is 179 Å². The molecule has 0 saturated heterocycles. The van der Waals surface area contributed by atoms with Gasteiger partial charge in [-0.25, -0.2) is 0 Å². The van der Waals surface area contributed by atoms with Crippen molar-refractivity contribution in [2.24, 2.45) is 0 Å². The van der Waals surface area contributed by atoms with E-state index in [9.17, 15) is 0 Å². The third-order valence-corrected chi connectivity index (χ3v) is 30.7. The number of hydrogen-bond acceptors (Lipinski definition) is 6. The molecule has 6 nitrogen and oxygen atoms in total. The Morgan fingerprint density at radius 2 is 0.408 bits per heavy atom. The summed E-state index contributed by atoms with van der Waals surface area (Å²) < 4.78 is 1.11. The Morgan fingerprint density at radius 3 is 0.701 bits per heavy atom. The monoisotopic (exact) mass is 1990 g/mol. The molecule has 0 unspecified atom stereocenters. The molecule has 22 aromatic rings. The van der Waals surface area contributed by atoms with E-state index >= 15 is 0 Å². The van der Waals surface area contributed by atoms with Crippen LogP contribution in [0.25, 0.3) is 77.9 Å². The molecular formula is C137H100BBrCl2N4O2. The predicted octanol–water partition coefficient (Wildman–Crippen LogP) is 36.3. The number of rotatable bonds is 11. The van der Waals surface area contributed by atoms with E-state index in [0.717, 1.165) is 43.5 Å². The summed E-state index contributed by atoms with van der Waals surface area (Å²) in [6.45, 7) is 0. The summed E-state index contributed by atoms with van der Waals surface area (Å²) in [5.41, 5.74) is 46.3. The highest BCUT2D eigenvalue weighted by Gasteiger charge is 2.56. The minimum atomic E-state index is -1.41. The van der Waals surface area contributed by atoms with Gasteiger partial charge in [-0.3, -0.25) is 0 Å². The van der Waals surface area contributed by atoms with Crippen molar-refractivity contribution < 1.29 is 10.0 Å². The van der Waals surface area contributed by atoms with Crippen molar-refractivity contribution in [2.45, 2.75) is 31.1 Å². The zero-order chi connectivity index (χ0) is 97.3. The molecule has 0 atom stereocenters. The van der Waals surface area contributed by atoms with Crippen LogP contribution in [0.1, 0.15) is 81.6 Å². The Kier molecular flexibility index (Phi) is 25.1. The molecule has 0 bridgehead atoms. The molecule has 0 aromatic heterocycles. The maximum atomic E-state index is 8.63. The second-order valence-electron chi connectivity index (χ2n) is 37.4. The molecule has 3 heterocycles. The number of fused-ring (bicyclic) bond motifs is 27. The lowest BCUT2D eigenvalue weighted by molar-refractivity contribution is 0.426. The van der Waals surface area contributed by atoms with Crippen LogP contribution in [0.5, 0.6) is 0 Å². The molecule has 3 aliphatic heterocycles. The molecule has 3 aliphatic carbocycles. The fraction of sp³-hybridized carbons (Fsp3) is 0.0365. The topological polar surface area (TPSA) is 53.4 Å². The summed E-state index contributed by atoms with van der Waals surface area (Å²) >= 11 is 15.6. The van der Waals surface area contributed by atoms with E-state index in [-0.39, 0.29) is 20.3 Å². The lowest BCUT2D eigenvalue weighted by Crippen LogP contribution is -2.36. The molecule has 10 heteroatoms. The van der Waals surface area contributed by atoms with Gasteiger partial charge in [-0.2, -0.15) is 0 Å². The Labute approximate surface area is 878 Å². The van der Waals surface area contributed by atoms with Crippen molar-refractivity contribution in [3.8, 4) is 77.9 Å². The van der Waals surface area contributed by atoms with Crippen LogP contribution in [0, 0.1) is 0 Å². The molecule has 2 N–H and O–H groups in total. The van der Waals surface area contributed by atoms with E-state index in [2.05, 4.69) is 545 Å². The van der Waals surface area contributed by atoms with Gasteiger partial charge in [0, 0.05) is 48.6 Å². The molecule has 6 aliphatic rings. The largest absolute Gasteiger partial charge is 0.488 e. The first kappa shape index (κ1) is 93.7. The van der Waals surface area contributed by atoms with Crippen molar-refractivity contribution in [3.05, 3.63) is 627 Å². The number of benzene rings is 22. The number of halogens is 3. The van der Waals surface area contributed by atoms with Crippen molar-refractivity contribution in [1.82, 2.24) is 0 Å². The second-order valence-corrected chi connectivity index (χ2v) is 39.1. The molecule has 28 rings (SSSR count). The van der Waals surface area contributed by atoms with Crippen LogP contribution in [-0.4, -0.2) is 17.2 Å². The Hall–Kier alpha value is -16.9. The van der Waals surface area contributed by atoms with Gasteiger partial charge in [-0.05, 0) is 308 Å². The van der Waals surface area contributed by atoms with Crippen LogP contribution in [0.4, 0.5) is 68.2 Å². The second kappa shape index (κ2) is 39.3. The zero-order valence-corrected chi connectivity index (χ0v) is 82.0. The van der Waals surface area contributed by atoms with E-state index < -0.39 is 17.9 Å². The molecule has 3 spiro atoms. The van der Waals surface area contributed by atoms with Crippen LogP contribution in [0.3, 0.4) is 0 Å². The van der Waals surface area contributed by atoms with E-state index in [4.69, 9.17) is 33.2 Å². The molecule has 22 aromatic carbocycles. The van der Waals surface area contributed by atoms with Crippen LogP contribution < -0.4 is 25.1 Å².